The molecule has 0 radical (unpaired) electrons. The first-order valence-electron chi connectivity index (χ1n) is 11.3. The monoisotopic (exact) mass is 431 g/mol. The van der Waals surface area contributed by atoms with E-state index in [4.69, 9.17) is 5.10 Å². The third kappa shape index (κ3) is 4.70. The van der Waals surface area contributed by atoms with Crippen molar-refractivity contribution in [3.8, 4) is 0 Å². The van der Waals surface area contributed by atoms with E-state index in [-0.39, 0.29) is 23.9 Å². The topological polar surface area (TPSA) is 88.1 Å². The minimum atomic E-state index is 0.0217. The van der Waals surface area contributed by atoms with Crippen molar-refractivity contribution < 1.29 is 9.59 Å². The number of likely N-dealkylation sites (N-methyl/N-ethyl adjacent to an activating group) is 1. The molecule has 2 aliphatic carbocycles. The number of nitrogens with one attached hydrogen (secondary N) is 3. The normalized spacial score (nSPS) is 22.9. The summed E-state index contributed by atoms with van der Waals surface area (Å²) < 4.78 is 2.18. The lowest BCUT2D eigenvalue weighted by atomic mass is 9.91. The second-order valence-corrected chi connectivity index (χ2v) is 9.80. The van der Waals surface area contributed by atoms with E-state index in [0.29, 0.717) is 12.6 Å². The number of rotatable bonds is 6. The first kappa shape index (κ1) is 21.3. The number of fused-ring (bicyclic) bond motifs is 1. The number of carbonyl (C=O) groups excluding carboxylic acids is 2. The number of amides is 2. The van der Waals surface area contributed by atoms with Crippen LogP contribution in [0, 0.1) is 6.92 Å². The number of aryl methyl sites for hydroxylation is 1. The van der Waals surface area contributed by atoms with Crippen molar-refractivity contribution in [2.45, 2.75) is 82.8 Å². The summed E-state index contributed by atoms with van der Waals surface area (Å²) in [6.07, 6.45) is 9.83. The molecule has 164 valence electrons. The summed E-state index contributed by atoms with van der Waals surface area (Å²) >= 11 is 1.57. The summed E-state index contributed by atoms with van der Waals surface area (Å²) in [5.74, 6) is 0.0612. The summed E-state index contributed by atoms with van der Waals surface area (Å²) in [6.45, 7) is 2.39. The molecule has 4 rings (SSSR count). The number of aromatic nitrogens is 2. The molecule has 2 saturated carbocycles. The molecule has 0 saturated heterocycles. The van der Waals surface area contributed by atoms with Crippen LogP contribution in [-0.2, 0) is 4.79 Å². The Morgan fingerprint density at radius 1 is 1.07 bits per heavy atom. The maximum absolute atomic E-state index is 12.9. The van der Waals surface area contributed by atoms with Crippen molar-refractivity contribution in [3.05, 3.63) is 16.6 Å². The van der Waals surface area contributed by atoms with E-state index in [2.05, 4.69) is 20.6 Å². The molecule has 0 bridgehead atoms. The second kappa shape index (κ2) is 9.47. The van der Waals surface area contributed by atoms with Gasteiger partial charge >= 0.3 is 0 Å². The van der Waals surface area contributed by atoms with Gasteiger partial charge in [-0.15, -0.1) is 11.3 Å². The third-order valence-corrected chi connectivity index (χ3v) is 7.60. The average molecular weight is 432 g/mol. The maximum Gasteiger partial charge on any atom is 0.261 e. The van der Waals surface area contributed by atoms with Crippen LogP contribution in [0.15, 0.2) is 6.07 Å². The van der Waals surface area contributed by atoms with Crippen molar-refractivity contribution >= 4 is 33.4 Å². The fraction of sp³-hybridized carbons (Fsp3) is 0.682. The lowest BCUT2D eigenvalue weighted by Crippen LogP contribution is -2.45. The van der Waals surface area contributed by atoms with Gasteiger partial charge in [0.2, 0.25) is 5.91 Å². The van der Waals surface area contributed by atoms with E-state index in [0.717, 1.165) is 46.5 Å². The highest BCUT2D eigenvalue weighted by Crippen LogP contribution is 2.35. The highest BCUT2D eigenvalue weighted by atomic mass is 32.1. The fourth-order valence-electron chi connectivity index (χ4n) is 4.83. The maximum atomic E-state index is 12.9. The summed E-state index contributed by atoms with van der Waals surface area (Å²) in [5, 5.41) is 15.1. The van der Waals surface area contributed by atoms with Gasteiger partial charge < -0.3 is 16.0 Å². The molecule has 0 unspecified atom stereocenters. The number of hydrogen-bond donors (Lipinski definition) is 3. The van der Waals surface area contributed by atoms with Gasteiger partial charge in [-0.25, -0.2) is 0 Å². The lowest BCUT2D eigenvalue weighted by molar-refractivity contribution is -0.121. The zero-order chi connectivity index (χ0) is 21.1. The number of hydrogen-bond acceptors (Lipinski definition) is 5. The smallest absolute Gasteiger partial charge is 0.261 e. The molecule has 0 aliphatic heterocycles. The molecule has 8 heteroatoms. The molecule has 2 heterocycles. The van der Waals surface area contributed by atoms with Crippen LogP contribution in [0.3, 0.4) is 0 Å². The molecular weight excluding hydrogens is 398 g/mol. The quantitative estimate of drug-likeness (QED) is 0.655. The first-order chi connectivity index (χ1) is 14.5. The molecule has 2 aromatic rings. The molecule has 0 atom stereocenters. The van der Waals surface area contributed by atoms with Crippen molar-refractivity contribution in [1.29, 1.82) is 0 Å². The Morgan fingerprint density at radius 3 is 2.40 bits per heavy atom. The fourth-order valence-corrected chi connectivity index (χ4v) is 5.97. The zero-order valence-electron chi connectivity index (χ0n) is 18.0. The molecule has 3 N–H and O–H groups in total. The van der Waals surface area contributed by atoms with Gasteiger partial charge in [0.25, 0.3) is 5.91 Å². The van der Waals surface area contributed by atoms with Crippen molar-refractivity contribution in [1.82, 2.24) is 25.7 Å². The molecular formula is C22H33N5O2S. The van der Waals surface area contributed by atoms with E-state index in [1.54, 1.807) is 18.4 Å². The number of carbonyl (C=O) groups is 2. The molecule has 0 spiro atoms. The standard InChI is InChI=1S/C22H33N5O2S/c1-14-18-12-19(30-22(18)27(26-14)17-6-4-3-5-7-17)21(29)25-16-10-8-15(9-11-16)24-20(28)13-23-2/h12,15-17,23H,3-11,13H2,1-2H3,(H,24,28)(H,25,29). The van der Waals surface area contributed by atoms with Gasteiger partial charge in [-0.1, -0.05) is 19.3 Å². The molecule has 2 amide bonds. The second-order valence-electron chi connectivity index (χ2n) is 8.77. The third-order valence-electron chi connectivity index (χ3n) is 6.48. The summed E-state index contributed by atoms with van der Waals surface area (Å²) in [5.41, 5.74) is 1.02. The van der Waals surface area contributed by atoms with Crippen LogP contribution in [0.2, 0.25) is 0 Å². The van der Waals surface area contributed by atoms with Crippen LogP contribution < -0.4 is 16.0 Å². The van der Waals surface area contributed by atoms with Crippen LogP contribution >= 0.6 is 11.3 Å². The predicted octanol–water partition coefficient (Wildman–Crippen LogP) is 3.29. The van der Waals surface area contributed by atoms with Crippen LogP contribution in [0.5, 0.6) is 0 Å². The highest BCUT2D eigenvalue weighted by molar-refractivity contribution is 7.20. The Hall–Kier alpha value is -1.93. The van der Waals surface area contributed by atoms with Crippen LogP contribution in [0.25, 0.3) is 10.2 Å². The van der Waals surface area contributed by atoms with Crippen LogP contribution in [-0.4, -0.2) is 47.3 Å². The Morgan fingerprint density at radius 2 is 1.73 bits per heavy atom. The average Bonchev–Trinajstić information content (AvgIpc) is 3.31. The van der Waals surface area contributed by atoms with Crippen molar-refractivity contribution in [3.63, 3.8) is 0 Å². The summed E-state index contributed by atoms with van der Waals surface area (Å²) in [6, 6.07) is 2.88. The Bertz CT molecular complexity index is 891. The zero-order valence-corrected chi connectivity index (χ0v) is 18.8. The van der Waals surface area contributed by atoms with Crippen molar-refractivity contribution in [2.75, 3.05) is 13.6 Å². The first-order valence-corrected chi connectivity index (χ1v) is 12.1. The summed E-state index contributed by atoms with van der Waals surface area (Å²) in [7, 11) is 1.77. The molecule has 2 aliphatic rings. The van der Waals surface area contributed by atoms with E-state index in [9.17, 15) is 9.59 Å². The highest BCUT2D eigenvalue weighted by Gasteiger charge is 2.26. The van der Waals surface area contributed by atoms with Gasteiger partial charge in [-0.05, 0) is 58.6 Å². The van der Waals surface area contributed by atoms with Crippen LogP contribution in [0.4, 0.5) is 0 Å². The molecule has 30 heavy (non-hydrogen) atoms. The van der Waals surface area contributed by atoms with E-state index in [1.165, 1.54) is 32.1 Å². The van der Waals surface area contributed by atoms with Gasteiger partial charge in [-0.3, -0.25) is 14.3 Å². The van der Waals surface area contributed by atoms with Gasteiger partial charge in [0.05, 0.1) is 23.2 Å². The van der Waals surface area contributed by atoms with E-state index >= 15 is 0 Å². The van der Waals surface area contributed by atoms with Gasteiger partial charge in [0.15, 0.2) is 0 Å². The molecule has 2 fully saturated rings. The minimum Gasteiger partial charge on any atom is -0.352 e. The number of nitrogens with zero attached hydrogens (tertiary/aromatic N) is 2. The molecule has 0 aromatic carbocycles. The molecule has 2 aromatic heterocycles. The van der Waals surface area contributed by atoms with Gasteiger partial charge in [-0.2, -0.15) is 5.10 Å². The summed E-state index contributed by atoms with van der Waals surface area (Å²) in [4.78, 5) is 26.6. The number of thiophene rings is 1. The molecule has 7 nitrogen and oxygen atoms in total. The van der Waals surface area contributed by atoms with E-state index < -0.39 is 0 Å². The largest absolute Gasteiger partial charge is 0.352 e. The SMILES string of the molecule is CNCC(=O)NC1CCC(NC(=O)c2cc3c(C)nn(C4CCCCC4)c3s2)CC1. The minimum absolute atomic E-state index is 0.0217. The van der Waals surface area contributed by atoms with E-state index in [1.807, 2.05) is 13.0 Å². The van der Waals surface area contributed by atoms with Gasteiger partial charge in [0, 0.05) is 17.5 Å². The van der Waals surface area contributed by atoms with Crippen LogP contribution in [0.1, 0.15) is 79.2 Å². The van der Waals surface area contributed by atoms with Gasteiger partial charge in [0.1, 0.15) is 4.83 Å². The Labute approximate surface area is 182 Å². The van der Waals surface area contributed by atoms with Crippen molar-refractivity contribution in [2.24, 2.45) is 0 Å². The Balaban J connectivity index is 1.37. The predicted molar refractivity (Wildman–Crippen MR) is 120 cm³/mol. The lowest BCUT2D eigenvalue weighted by Gasteiger charge is -2.29. The Kier molecular flexibility index (Phi) is 6.73.